The van der Waals surface area contributed by atoms with Crippen LogP contribution in [-0.2, 0) is 0 Å². The Balaban J connectivity index is 1.43. The van der Waals surface area contributed by atoms with Crippen LogP contribution in [0.15, 0.2) is 77.2 Å². The second-order valence-corrected chi connectivity index (χ2v) is 8.85. The summed E-state index contributed by atoms with van der Waals surface area (Å²) < 4.78 is 0. The van der Waals surface area contributed by atoms with Gasteiger partial charge in [0.05, 0.1) is 11.4 Å². The SMILES string of the molecule is CN(C)CCCNc1ccc2[nH]c(O)c(/C=c3\ccc4c(c3)N=NC=4/C=C/c3ccncc3)c2c1. The fourth-order valence-electron chi connectivity index (χ4n) is 4.12. The lowest BCUT2D eigenvalue weighted by Gasteiger charge is -2.10. The van der Waals surface area contributed by atoms with E-state index in [4.69, 9.17) is 0 Å². The molecule has 0 fully saturated rings. The van der Waals surface area contributed by atoms with Crippen molar-refractivity contribution in [2.75, 3.05) is 32.5 Å². The van der Waals surface area contributed by atoms with Crippen LogP contribution in [0.2, 0.25) is 0 Å². The number of hydrogen-bond acceptors (Lipinski definition) is 6. The molecule has 0 aliphatic carbocycles. The normalized spacial score (nSPS) is 13.5. The molecular formula is C28H28N6O. The summed E-state index contributed by atoms with van der Waals surface area (Å²) in [5.74, 6) is 0.152. The van der Waals surface area contributed by atoms with Gasteiger partial charge < -0.3 is 20.3 Å². The Kier molecular flexibility index (Phi) is 6.41. The first-order chi connectivity index (χ1) is 17.1. The molecule has 35 heavy (non-hydrogen) atoms. The molecule has 3 N–H and O–H groups in total. The molecule has 4 aromatic rings. The number of H-pyrrole nitrogens is 1. The minimum absolute atomic E-state index is 0.152. The molecule has 2 aromatic carbocycles. The molecule has 0 saturated heterocycles. The van der Waals surface area contributed by atoms with Crippen LogP contribution in [0.1, 0.15) is 17.5 Å². The fourth-order valence-corrected chi connectivity index (χ4v) is 4.12. The van der Waals surface area contributed by atoms with Crippen molar-refractivity contribution in [1.29, 1.82) is 0 Å². The van der Waals surface area contributed by atoms with E-state index in [2.05, 4.69) is 50.6 Å². The average Bonchev–Trinajstić information content (AvgIpc) is 3.41. The zero-order valence-corrected chi connectivity index (χ0v) is 19.9. The van der Waals surface area contributed by atoms with E-state index in [0.29, 0.717) is 0 Å². The molecule has 0 atom stereocenters. The molecule has 2 aromatic heterocycles. The van der Waals surface area contributed by atoms with E-state index in [1.54, 1.807) is 12.4 Å². The number of hydrogen-bond donors (Lipinski definition) is 3. The summed E-state index contributed by atoms with van der Waals surface area (Å²) >= 11 is 0. The van der Waals surface area contributed by atoms with Gasteiger partial charge in [0, 0.05) is 46.3 Å². The lowest BCUT2D eigenvalue weighted by atomic mass is 10.1. The highest BCUT2D eigenvalue weighted by Gasteiger charge is 2.11. The maximum Gasteiger partial charge on any atom is 0.196 e. The van der Waals surface area contributed by atoms with Crippen LogP contribution in [0.25, 0.3) is 28.8 Å². The van der Waals surface area contributed by atoms with Crippen LogP contribution in [0, 0.1) is 0 Å². The van der Waals surface area contributed by atoms with Crippen LogP contribution in [0.4, 0.5) is 11.4 Å². The molecule has 3 heterocycles. The number of aromatic hydroxyl groups is 1. The molecule has 7 heteroatoms. The van der Waals surface area contributed by atoms with E-state index in [1.165, 1.54) is 0 Å². The first-order valence-electron chi connectivity index (χ1n) is 11.7. The molecule has 1 aliphatic heterocycles. The molecule has 5 rings (SSSR count). The Bertz CT molecular complexity index is 1530. The second-order valence-electron chi connectivity index (χ2n) is 8.85. The number of aromatic nitrogens is 2. The Labute approximate surface area is 203 Å². The number of aromatic amines is 1. The third-order valence-electron chi connectivity index (χ3n) is 5.94. The van der Waals surface area contributed by atoms with Crippen molar-refractivity contribution >= 4 is 40.1 Å². The number of anilines is 1. The van der Waals surface area contributed by atoms with Crippen LogP contribution < -0.4 is 15.8 Å². The van der Waals surface area contributed by atoms with Gasteiger partial charge in [-0.15, -0.1) is 10.2 Å². The van der Waals surface area contributed by atoms with Gasteiger partial charge in [-0.2, -0.15) is 0 Å². The Morgan fingerprint density at radius 2 is 1.86 bits per heavy atom. The number of rotatable bonds is 8. The van der Waals surface area contributed by atoms with E-state index in [1.807, 2.05) is 60.7 Å². The van der Waals surface area contributed by atoms with Crippen LogP contribution in [0.5, 0.6) is 5.88 Å². The third-order valence-corrected chi connectivity index (χ3v) is 5.94. The Hall–Kier alpha value is -4.23. The monoisotopic (exact) mass is 464 g/mol. The Morgan fingerprint density at radius 3 is 2.69 bits per heavy atom. The number of benzene rings is 2. The number of pyridine rings is 1. The van der Waals surface area contributed by atoms with Crippen molar-refractivity contribution in [2.45, 2.75) is 6.42 Å². The van der Waals surface area contributed by atoms with Crippen LogP contribution >= 0.6 is 0 Å². The van der Waals surface area contributed by atoms with Gasteiger partial charge in [0.25, 0.3) is 0 Å². The summed E-state index contributed by atoms with van der Waals surface area (Å²) in [7, 11) is 4.16. The number of nitrogens with zero attached hydrogens (tertiary/aromatic N) is 4. The maximum atomic E-state index is 10.6. The van der Waals surface area contributed by atoms with Gasteiger partial charge >= 0.3 is 0 Å². The predicted molar refractivity (Wildman–Crippen MR) is 142 cm³/mol. The van der Waals surface area contributed by atoms with Crippen molar-refractivity contribution in [1.82, 2.24) is 14.9 Å². The number of nitrogens with one attached hydrogen (secondary N) is 2. The highest BCUT2D eigenvalue weighted by molar-refractivity contribution is 5.94. The topological polar surface area (TPSA) is 88.9 Å². The van der Waals surface area contributed by atoms with Gasteiger partial charge in [-0.25, -0.2) is 0 Å². The predicted octanol–water partition coefficient (Wildman–Crippen LogP) is 4.38. The van der Waals surface area contributed by atoms with Crippen LogP contribution in [0.3, 0.4) is 0 Å². The largest absolute Gasteiger partial charge is 0.494 e. The van der Waals surface area contributed by atoms with Crippen molar-refractivity contribution in [2.24, 2.45) is 10.2 Å². The molecule has 0 bridgehead atoms. The summed E-state index contributed by atoms with van der Waals surface area (Å²) in [5, 5.41) is 25.7. The third kappa shape index (κ3) is 5.15. The van der Waals surface area contributed by atoms with E-state index >= 15 is 0 Å². The molecule has 176 valence electrons. The summed E-state index contributed by atoms with van der Waals surface area (Å²) in [6, 6.07) is 16.0. The van der Waals surface area contributed by atoms with Gasteiger partial charge in [0.15, 0.2) is 5.88 Å². The molecule has 0 unspecified atom stereocenters. The van der Waals surface area contributed by atoms with E-state index < -0.39 is 0 Å². The lowest BCUT2D eigenvalue weighted by Crippen LogP contribution is -2.16. The molecular weight excluding hydrogens is 436 g/mol. The zero-order valence-electron chi connectivity index (χ0n) is 19.9. The van der Waals surface area contributed by atoms with Gasteiger partial charge in [-0.3, -0.25) is 4.98 Å². The highest BCUT2D eigenvalue weighted by Crippen LogP contribution is 2.30. The minimum Gasteiger partial charge on any atom is -0.494 e. The molecule has 0 saturated carbocycles. The first kappa shape index (κ1) is 22.6. The highest BCUT2D eigenvalue weighted by atomic mass is 16.3. The van der Waals surface area contributed by atoms with E-state index in [-0.39, 0.29) is 5.88 Å². The smallest absolute Gasteiger partial charge is 0.196 e. The molecule has 0 radical (unpaired) electrons. The van der Waals surface area contributed by atoms with Crippen molar-refractivity contribution in [3.63, 3.8) is 0 Å². The summed E-state index contributed by atoms with van der Waals surface area (Å²) in [4.78, 5) is 9.30. The number of fused-ring (bicyclic) bond motifs is 2. The average molecular weight is 465 g/mol. The molecule has 1 aliphatic rings. The van der Waals surface area contributed by atoms with Gasteiger partial charge in [0.2, 0.25) is 0 Å². The second kappa shape index (κ2) is 9.95. The summed E-state index contributed by atoms with van der Waals surface area (Å²) in [6.45, 7) is 1.93. The standard InChI is InChI=1S/C28H28N6O/c1-34(2)15-3-12-30-21-6-9-25-23(18-21)24(28(35)31-25)16-20-4-7-22-26(32-33-27(22)17-20)8-5-19-10-13-29-14-11-19/h4-11,13-14,16-18,30-31,35H,3,12,15H2,1-2H3/b8-5+,20-16+. The van der Waals surface area contributed by atoms with E-state index in [9.17, 15) is 5.11 Å². The Morgan fingerprint density at radius 1 is 1.00 bits per heavy atom. The number of azo groups is 1. The quantitative estimate of drug-likeness (QED) is 0.338. The van der Waals surface area contributed by atoms with Gasteiger partial charge in [-0.1, -0.05) is 12.1 Å². The van der Waals surface area contributed by atoms with Crippen molar-refractivity contribution < 1.29 is 5.11 Å². The molecule has 7 nitrogen and oxygen atoms in total. The van der Waals surface area contributed by atoms with Gasteiger partial charge in [-0.05, 0) is 92.5 Å². The molecule has 0 amide bonds. The summed E-state index contributed by atoms with van der Waals surface area (Å²) in [6.07, 6.45) is 10.5. The van der Waals surface area contributed by atoms with Crippen molar-refractivity contribution in [3.8, 4) is 5.88 Å². The first-order valence-corrected chi connectivity index (χ1v) is 11.7. The molecule has 0 spiro atoms. The van der Waals surface area contributed by atoms with Crippen molar-refractivity contribution in [3.05, 3.63) is 88.6 Å². The van der Waals surface area contributed by atoms with E-state index in [0.717, 1.165) is 69.0 Å². The fraction of sp³-hybridized carbons (Fsp3) is 0.179. The van der Waals surface area contributed by atoms with Gasteiger partial charge in [0.1, 0.15) is 0 Å². The maximum absolute atomic E-state index is 10.6. The lowest BCUT2D eigenvalue weighted by molar-refractivity contribution is 0.405. The zero-order chi connectivity index (χ0) is 24.2. The van der Waals surface area contributed by atoms with Crippen LogP contribution in [-0.4, -0.2) is 47.2 Å². The minimum atomic E-state index is 0.152. The summed E-state index contributed by atoms with van der Waals surface area (Å²) in [5.41, 5.74) is 5.38.